The van der Waals surface area contributed by atoms with Crippen molar-refractivity contribution in [2.24, 2.45) is 5.73 Å². The van der Waals surface area contributed by atoms with E-state index in [1.165, 1.54) is 6.42 Å². The zero-order valence-electron chi connectivity index (χ0n) is 9.63. The van der Waals surface area contributed by atoms with Crippen LogP contribution in [-0.2, 0) is 12.1 Å². The van der Waals surface area contributed by atoms with E-state index < -0.39 is 6.67 Å². The summed E-state index contributed by atoms with van der Waals surface area (Å²) in [5.74, 6) is 0.623. The van der Waals surface area contributed by atoms with E-state index in [4.69, 9.17) is 10.5 Å². The number of methoxy groups -OCH3 is 1. The first-order valence-corrected chi connectivity index (χ1v) is 5.69. The van der Waals surface area contributed by atoms with E-state index in [2.05, 4.69) is 0 Å². The molecule has 0 unspecified atom stereocenters. The second-order valence-corrected chi connectivity index (χ2v) is 4.50. The Bertz CT molecular complexity index is 369. The number of alkyl halides is 1. The lowest BCUT2D eigenvalue weighted by atomic mass is 9.64. The molecule has 0 heterocycles. The highest BCUT2D eigenvalue weighted by molar-refractivity contribution is 5.41. The summed E-state index contributed by atoms with van der Waals surface area (Å²) < 4.78 is 18.0. The van der Waals surface area contributed by atoms with Gasteiger partial charge in [-0.25, -0.2) is 4.39 Å². The Labute approximate surface area is 95.6 Å². The highest BCUT2D eigenvalue weighted by Gasteiger charge is 2.37. The van der Waals surface area contributed by atoms with Crippen molar-refractivity contribution >= 4 is 0 Å². The molecule has 1 aliphatic rings. The Balaban J connectivity index is 2.35. The fourth-order valence-electron chi connectivity index (χ4n) is 2.43. The van der Waals surface area contributed by atoms with Crippen molar-refractivity contribution in [1.29, 1.82) is 0 Å². The Morgan fingerprint density at radius 2 is 2.19 bits per heavy atom. The second kappa shape index (κ2) is 4.42. The van der Waals surface area contributed by atoms with Crippen LogP contribution in [0.5, 0.6) is 5.75 Å². The molecule has 0 spiro atoms. The van der Waals surface area contributed by atoms with E-state index in [1.807, 2.05) is 18.2 Å². The first-order chi connectivity index (χ1) is 7.75. The van der Waals surface area contributed by atoms with Crippen LogP contribution >= 0.6 is 0 Å². The lowest BCUT2D eigenvalue weighted by Crippen LogP contribution is -2.41. The zero-order valence-corrected chi connectivity index (χ0v) is 9.63. The topological polar surface area (TPSA) is 35.2 Å². The maximum atomic E-state index is 12.9. The number of rotatable bonds is 4. The van der Waals surface area contributed by atoms with E-state index in [0.29, 0.717) is 17.9 Å². The molecule has 0 aromatic heterocycles. The van der Waals surface area contributed by atoms with Crippen molar-refractivity contribution in [3.63, 3.8) is 0 Å². The fourth-order valence-corrected chi connectivity index (χ4v) is 2.43. The highest BCUT2D eigenvalue weighted by Crippen LogP contribution is 2.43. The van der Waals surface area contributed by atoms with Crippen LogP contribution in [0, 0.1) is 0 Å². The number of ether oxygens (including phenoxy) is 1. The first-order valence-electron chi connectivity index (χ1n) is 5.69. The summed E-state index contributed by atoms with van der Waals surface area (Å²) in [4.78, 5) is 0. The normalized spacial score (nSPS) is 17.9. The average Bonchev–Trinajstić information content (AvgIpc) is 2.28. The Morgan fingerprint density at radius 3 is 2.62 bits per heavy atom. The largest absolute Gasteiger partial charge is 0.496 e. The van der Waals surface area contributed by atoms with Crippen LogP contribution in [0.25, 0.3) is 0 Å². The number of benzene rings is 1. The Kier molecular flexibility index (Phi) is 3.15. The van der Waals surface area contributed by atoms with Crippen molar-refractivity contribution in [1.82, 2.24) is 0 Å². The van der Waals surface area contributed by atoms with Crippen molar-refractivity contribution in [2.45, 2.75) is 31.4 Å². The smallest absolute Gasteiger partial charge is 0.124 e. The molecular formula is C13H18FNO. The zero-order chi connectivity index (χ0) is 11.6. The van der Waals surface area contributed by atoms with Gasteiger partial charge in [-0.1, -0.05) is 12.5 Å². The third kappa shape index (κ3) is 1.69. The van der Waals surface area contributed by atoms with Gasteiger partial charge in [-0.3, -0.25) is 0 Å². The molecule has 88 valence electrons. The third-order valence-electron chi connectivity index (χ3n) is 3.74. The van der Waals surface area contributed by atoms with E-state index in [9.17, 15) is 4.39 Å². The molecule has 2 rings (SSSR count). The summed E-state index contributed by atoms with van der Waals surface area (Å²) in [6.45, 7) is 0.155. The van der Waals surface area contributed by atoms with Gasteiger partial charge in [-0.05, 0) is 30.5 Å². The highest BCUT2D eigenvalue weighted by atomic mass is 19.1. The van der Waals surface area contributed by atoms with Crippen LogP contribution in [0.3, 0.4) is 0 Å². The van der Waals surface area contributed by atoms with Crippen molar-refractivity contribution in [3.05, 3.63) is 29.3 Å². The van der Waals surface area contributed by atoms with Gasteiger partial charge in [0, 0.05) is 17.5 Å². The molecule has 1 aliphatic carbocycles. The van der Waals surface area contributed by atoms with Crippen LogP contribution in [0.4, 0.5) is 4.39 Å². The van der Waals surface area contributed by atoms with Gasteiger partial charge in [0.25, 0.3) is 0 Å². The van der Waals surface area contributed by atoms with E-state index >= 15 is 0 Å². The molecular weight excluding hydrogens is 205 g/mol. The molecule has 1 aromatic carbocycles. The van der Waals surface area contributed by atoms with Gasteiger partial charge in [-0.15, -0.1) is 0 Å². The van der Waals surface area contributed by atoms with Crippen LogP contribution in [0.2, 0.25) is 0 Å². The van der Waals surface area contributed by atoms with Crippen LogP contribution in [0.15, 0.2) is 18.2 Å². The van der Waals surface area contributed by atoms with Crippen molar-refractivity contribution in [3.8, 4) is 5.75 Å². The molecule has 2 nitrogen and oxygen atoms in total. The number of hydrogen-bond acceptors (Lipinski definition) is 2. The van der Waals surface area contributed by atoms with Gasteiger partial charge < -0.3 is 10.5 Å². The predicted octanol–water partition coefficient (Wildman–Crippen LogP) is 2.55. The van der Waals surface area contributed by atoms with Crippen LogP contribution in [-0.4, -0.2) is 13.7 Å². The molecule has 0 aliphatic heterocycles. The fraction of sp³-hybridized carbons (Fsp3) is 0.538. The minimum absolute atomic E-state index is 0.0934. The quantitative estimate of drug-likeness (QED) is 0.851. The van der Waals surface area contributed by atoms with Crippen molar-refractivity contribution in [2.75, 3.05) is 13.7 Å². The minimum atomic E-state index is -0.488. The van der Waals surface area contributed by atoms with Gasteiger partial charge in [-0.2, -0.15) is 0 Å². The molecule has 16 heavy (non-hydrogen) atoms. The molecule has 1 saturated carbocycles. The standard InChI is InChI=1S/C13H18FNO/c1-16-12-4-3-11(7-10(12)8-14)13(9-15)5-2-6-13/h3-4,7H,2,5-6,8-9,15H2,1H3. The van der Waals surface area contributed by atoms with Gasteiger partial charge in [0.15, 0.2) is 0 Å². The Morgan fingerprint density at radius 1 is 1.44 bits per heavy atom. The third-order valence-corrected chi connectivity index (χ3v) is 3.74. The van der Waals surface area contributed by atoms with Gasteiger partial charge in [0.2, 0.25) is 0 Å². The molecule has 0 bridgehead atoms. The maximum absolute atomic E-state index is 12.9. The number of halogens is 1. The molecule has 0 atom stereocenters. The van der Waals surface area contributed by atoms with Crippen LogP contribution < -0.4 is 10.5 Å². The second-order valence-electron chi connectivity index (χ2n) is 4.50. The maximum Gasteiger partial charge on any atom is 0.124 e. The molecule has 1 fully saturated rings. The minimum Gasteiger partial charge on any atom is -0.496 e. The van der Waals surface area contributed by atoms with E-state index in [-0.39, 0.29) is 5.41 Å². The lowest BCUT2D eigenvalue weighted by molar-refractivity contribution is 0.252. The van der Waals surface area contributed by atoms with E-state index in [1.54, 1.807) is 7.11 Å². The SMILES string of the molecule is COc1ccc(C2(CN)CCC2)cc1CF. The van der Waals surface area contributed by atoms with Gasteiger partial charge in [0.05, 0.1) is 7.11 Å². The van der Waals surface area contributed by atoms with Crippen molar-refractivity contribution < 1.29 is 9.13 Å². The number of nitrogens with two attached hydrogens (primary N) is 1. The first kappa shape index (κ1) is 11.4. The average molecular weight is 223 g/mol. The number of hydrogen-bond donors (Lipinski definition) is 1. The van der Waals surface area contributed by atoms with Crippen LogP contribution in [0.1, 0.15) is 30.4 Å². The summed E-state index contributed by atoms with van der Waals surface area (Å²) >= 11 is 0. The molecule has 3 heteroatoms. The summed E-state index contributed by atoms with van der Waals surface area (Å²) in [6.07, 6.45) is 3.44. The lowest BCUT2D eigenvalue weighted by Gasteiger charge is -2.41. The monoisotopic (exact) mass is 223 g/mol. The van der Waals surface area contributed by atoms with Gasteiger partial charge in [0.1, 0.15) is 12.4 Å². The molecule has 2 N–H and O–H groups in total. The molecule has 0 saturated heterocycles. The Hall–Kier alpha value is -1.09. The predicted molar refractivity (Wildman–Crippen MR) is 62.4 cm³/mol. The summed E-state index contributed by atoms with van der Waals surface area (Å²) in [5, 5.41) is 0. The summed E-state index contributed by atoms with van der Waals surface area (Å²) in [6, 6.07) is 5.77. The summed E-state index contributed by atoms with van der Waals surface area (Å²) in [7, 11) is 1.57. The molecule has 0 radical (unpaired) electrons. The van der Waals surface area contributed by atoms with E-state index in [0.717, 1.165) is 18.4 Å². The molecule has 1 aromatic rings. The summed E-state index contributed by atoms with van der Waals surface area (Å²) in [5.41, 5.74) is 7.72. The van der Waals surface area contributed by atoms with Gasteiger partial charge >= 0.3 is 0 Å². The molecule has 0 amide bonds.